The summed E-state index contributed by atoms with van der Waals surface area (Å²) in [5, 5.41) is 2.89. The van der Waals surface area contributed by atoms with E-state index in [4.69, 9.17) is 11.6 Å². The number of amides is 2. The molecule has 122 valence electrons. The summed E-state index contributed by atoms with van der Waals surface area (Å²) in [6.07, 6.45) is 0. The number of rotatable bonds is 5. The maximum atomic E-state index is 12.4. The largest absolute Gasteiger partial charge is 0.342 e. The molecule has 0 saturated heterocycles. The Hall–Kier alpha value is -1.60. The molecule has 0 radical (unpaired) electrons. The SMILES string of the molecule is CC(=O)N[C@](C)(C(=O)NS(=O)(=O)c1ccc(Cl)cc1)C(C)C. The van der Waals surface area contributed by atoms with Gasteiger partial charge in [0.1, 0.15) is 5.54 Å². The molecule has 0 heterocycles. The van der Waals surface area contributed by atoms with Crippen LogP contribution in [0.1, 0.15) is 27.7 Å². The van der Waals surface area contributed by atoms with Crippen molar-refractivity contribution in [3.8, 4) is 0 Å². The van der Waals surface area contributed by atoms with Crippen LogP contribution in [0.5, 0.6) is 0 Å². The molecule has 1 aromatic rings. The molecule has 8 heteroatoms. The second kappa shape index (κ2) is 6.66. The second-order valence-electron chi connectivity index (χ2n) is 5.43. The lowest BCUT2D eigenvalue weighted by Gasteiger charge is -2.32. The first kappa shape index (κ1) is 18.4. The van der Waals surface area contributed by atoms with E-state index in [9.17, 15) is 18.0 Å². The minimum Gasteiger partial charge on any atom is -0.342 e. The maximum absolute atomic E-state index is 12.4. The smallest absolute Gasteiger partial charge is 0.264 e. The predicted octanol–water partition coefficient (Wildman–Crippen LogP) is 1.70. The van der Waals surface area contributed by atoms with E-state index in [2.05, 4.69) is 5.32 Å². The average molecular weight is 347 g/mol. The van der Waals surface area contributed by atoms with Crippen LogP contribution in [0, 0.1) is 5.92 Å². The van der Waals surface area contributed by atoms with E-state index in [1.165, 1.54) is 38.1 Å². The number of benzene rings is 1. The molecule has 0 bridgehead atoms. The van der Waals surface area contributed by atoms with Gasteiger partial charge >= 0.3 is 0 Å². The molecule has 0 aliphatic rings. The van der Waals surface area contributed by atoms with Crippen LogP contribution in [0.4, 0.5) is 0 Å². The molecule has 2 amide bonds. The van der Waals surface area contributed by atoms with E-state index in [1.807, 2.05) is 4.72 Å². The first-order valence-electron chi connectivity index (χ1n) is 6.60. The lowest BCUT2D eigenvalue weighted by molar-refractivity contribution is -0.132. The van der Waals surface area contributed by atoms with Crippen LogP contribution in [0.2, 0.25) is 5.02 Å². The van der Waals surface area contributed by atoms with Crippen molar-refractivity contribution in [1.29, 1.82) is 0 Å². The summed E-state index contributed by atoms with van der Waals surface area (Å²) in [7, 11) is -4.04. The minimum atomic E-state index is -4.04. The molecule has 0 aliphatic carbocycles. The zero-order valence-corrected chi connectivity index (χ0v) is 14.4. The third kappa shape index (κ3) is 4.20. The zero-order valence-electron chi connectivity index (χ0n) is 12.8. The number of sulfonamides is 1. The van der Waals surface area contributed by atoms with Crippen LogP contribution in [-0.4, -0.2) is 25.8 Å². The van der Waals surface area contributed by atoms with Gasteiger partial charge in [0.25, 0.3) is 15.9 Å². The summed E-state index contributed by atoms with van der Waals surface area (Å²) in [5.41, 5.74) is -1.34. The zero-order chi connectivity index (χ0) is 17.1. The molecule has 0 fully saturated rings. The summed E-state index contributed by atoms with van der Waals surface area (Å²) in [6.45, 7) is 6.17. The predicted molar refractivity (Wildman–Crippen MR) is 83.8 cm³/mol. The van der Waals surface area contributed by atoms with E-state index in [1.54, 1.807) is 13.8 Å². The van der Waals surface area contributed by atoms with Crippen LogP contribution >= 0.6 is 11.6 Å². The van der Waals surface area contributed by atoms with Gasteiger partial charge in [-0.3, -0.25) is 9.59 Å². The van der Waals surface area contributed by atoms with Crippen molar-refractivity contribution in [2.24, 2.45) is 5.92 Å². The van der Waals surface area contributed by atoms with Gasteiger partial charge in [-0.15, -0.1) is 0 Å². The highest BCUT2D eigenvalue weighted by molar-refractivity contribution is 7.90. The van der Waals surface area contributed by atoms with Crippen LogP contribution in [0.25, 0.3) is 0 Å². The Balaban J connectivity index is 3.07. The fourth-order valence-corrected chi connectivity index (χ4v) is 2.92. The summed E-state index contributed by atoms with van der Waals surface area (Å²) in [4.78, 5) is 23.6. The van der Waals surface area contributed by atoms with E-state index in [0.717, 1.165) is 0 Å². The molecule has 22 heavy (non-hydrogen) atoms. The van der Waals surface area contributed by atoms with Gasteiger partial charge in [-0.25, -0.2) is 13.1 Å². The quantitative estimate of drug-likeness (QED) is 0.848. The van der Waals surface area contributed by atoms with Gasteiger partial charge in [-0.05, 0) is 37.1 Å². The molecule has 1 rings (SSSR count). The molecule has 0 aliphatic heterocycles. The van der Waals surface area contributed by atoms with Gasteiger partial charge < -0.3 is 5.32 Å². The highest BCUT2D eigenvalue weighted by Gasteiger charge is 2.39. The molecule has 2 N–H and O–H groups in total. The molecule has 1 atom stereocenters. The monoisotopic (exact) mass is 346 g/mol. The molecule has 0 aromatic heterocycles. The van der Waals surface area contributed by atoms with Crippen LogP contribution in [-0.2, 0) is 19.6 Å². The number of carbonyl (C=O) groups excluding carboxylic acids is 2. The normalized spacial score (nSPS) is 14.3. The molecular formula is C14H19ClN2O4S. The van der Waals surface area contributed by atoms with Crippen molar-refractivity contribution in [2.45, 2.75) is 38.1 Å². The maximum Gasteiger partial charge on any atom is 0.264 e. The molecule has 6 nitrogen and oxygen atoms in total. The summed E-state index contributed by atoms with van der Waals surface area (Å²) in [6, 6.07) is 5.41. The molecule has 0 saturated carbocycles. The van der Waals surface area contributed by atoms with Gasteiger partial charge in [-0.2, -0.15) is 0 Å². The van der Waals surface area contributed by atoms with E-state index < -0.39 is 27.4 Å². The van der Waals surface area contributed by atoms with Crippen molar-refractivity contribution in [2.75, 3.05) is 0 Å². The Morgan fingerprint density at radius 3 is 2.09 bits per heavy atom. The number of halogens is 1. The highest BCUT2D eigenvalue weighted by Crippen LogP contribution is 2.19. The lowest BCUT2D eigenvalue weighted by Crippen LogP contribution is -2.60. The van der Waals surface area contributed by atoms with Crippen molar-refractivity contribution in [1.82, 2.24) is 10.0 Å². The van der Waals surface area contributed by atoms with Gasteiger partial charge in [0.05, 0.1) is 4.90 Å². The Labute approximate surface area is 135 Å². The van der Waals surface area contributed by atoms with Crippen LogP contribution in [0.15, 0.2) is 29.2 Å². The topological polar surface area (TPSA) is 92.3 Å². The fourth-order valence-electron chi connectivity index (χ4n) is 1.73. The average Bonchev–Trinajstić information content (AvgIpc) is 2.37. The van der Waals surface area contributed by atoms with E-state index in [0.29, 0.717) is 5.02 Å². The molecule has 1 aromatic carbocycles. The minimum absolute atomic E-state index is 0.0841. The lowest BCUT2D eigenvalue weighted by atomic mass is 9.87. The fraction of sp³-hybridized carbons (Fsp3) is 0.429. The third-order valence-electron chi connectivity index (χ3n) is 3.41. The summed E-state index contributed by atoms with van der Waals surface area (Å²) < 4.78 is 26.4. The van der Waals surface area contributed by atoms with Crippen molar-refractivity contribution in [3.05, 3.63) is 29.3 Å². The van der Waals surface area contributed by atoms with E-state index >= 15 is 0 Å². The second-order valence-corrected chi connectivity index (χ2v) is 7.55. The van der Waals surface area contributed by atoms with Gasteiger partial charge in [0.2, 0.25) is 5.91 Å². The number of hydrogen-bond donors (Lipinski definition) is 2. The van der Waals surface area contributed by atoms with E-state index in [-0.39, 0.29) is 10.8 Å². The first-order valence-corrected chi connectivity index (χ1v) is 8.46. The standard InChI is InChI=1S/C14H19ClN2O4S/c1-9(2)14(4,16-10(3)18)13(19)17-22(20,21)12-7-5-11(15)6-8-12/h5-9H,1-4H3,(H,16,18)(H,17,19)/t14-/m0/s1. The first-order chi connectivity index (χ1) is 9.99. The highest BCUT2D eigenvalue weighted by atomic mass is 35.5. The van der Waals surface area contributed by atoms with Gasteiger partial charge in [0, 0.05) is 11.9 Å². The Bertz CT molecular complexity index is 671. The van der Waals surface area contributed by atoms with Crippen molar-refractivity contribution >= 4 is 33.4 Å². The Morgan fingerprint density at radius 1 is 1.18 bits per heavy atom. The summed E-state index contributed by atoms with van der Waals surface area (Å²) in [5.74, 6) is -1.53. The number of carbonyl (C=O) groups is 2. The van der Waals surface area contributed by atoms with Crippen molar-refractivity contribution in [3.63, 3.8) is 0 Å². The van der Waals surface area contributed by atoms with Crippen LogP contribution in [0.3, 0.4) is 0 Å². The molecule has 0 spiro atoms. The van der Waals surface area contributed by atoms with Crippen molar-refractivity contribution < 1.29 is 18.0 Å². The van der Waals surface area contributed by atoms with Crippen LogP contribution < -0.4 is 10.0 Å². The number of hydrogen-bond acceptors (Lipinski definition) is 4. The van der Waals surface area contributed by atoms with Gasteiger partial charge in [-0.1, -0.05) is 25.4 Å². The summed E-state index contributed by atoms with van der Waals surface area (Å²) >= 11 is 5.71. The van der Waals surface area contributed by atoms with Gasteiger partial charge in [0.15, 0.2) is 0 Å². The Morgan fingerprint density at radius 2 is 1.68 bits per heavy atom. The molecular weight excluding hydrogens is 328 g/mol. The Kier molecular flexibility index (Phi) is 5.59. The third-order valence-corrected chi connectivity index (χ3v) is 5.01. The number of nitrogens with one attached hydrogen (secondary N) is 2. The molecule has 0 unspecified atom stereocenters.